The normalized spacial score (nSPS) is 23.5. The molecule has 3 N–H and O–H groups in total. The van der Waals surface area contributed by atoms with Crippen molar-refractivity contribution in [2.45, 2.75) is 43.8 Å². The number of primary amides is 1. The number of nitrogens with two attached hydrogens (primary N) is 1. The van der Waals surface area contributed by atoms with Gasteiger partial charge in [0.25, 0.3) is 0 Å². The number of likely N-dealkylation sites (tertiary alicyclic amines) is 1. The van der Waals surface area contributed by atoms with Crippen LogP contribution in [0, 0.1) is 0 Å². The zero-order chi connectivity index (χ0) is 17.7. The maximum absolute atomic E-state index is 11.0. The van der Waals surface area contributed by atoms with E-state index in [0.717, 1.165) is 64.1 Å². The first-order chi connectivity index (χ1) is 12.1. The molecule has 2 aliphatic rings. The molecule has 1 spiro atoms. The highest BCUT2D eigenvalue weighted by atomic mass is 16.5. The molecule has 2 heterocycles. The Hall–Kier alpha value is -1.63. The molecule has 6 nitrogen and oxygen atoms in total. The fourth-order valence-electron chi connectivity index (χ4n) is 3.74. The summed E-state index contributed by atoms with van der Waals surface area (Å²) in [4.78, 5) is 13.4. The highest BCUT2D eigenvalue weighted by Crippen LogP contribution is 2.35. The standard InChI is InChI=1S/C19H28N2O4/c20-18(23)15-4-6-16(7-5-15)24-13-2-10-21-11-8-19(9-12-21)17(22)3-1-14-25-19/h4-7,17,22H,1-3,8-14H2,(H2,20,23)/t17-/m0/s1. The van der Waals surface area contributed by atoms with Crippen LogP contribution in [-0.4, -0.2) is 60.5 Å². The van der Waals surface area contributed by atoms with Crippen LogP contribution in [0.5, 0.6) is 5.75 Å². The molecule has 3 rings (SSSR count). The Kier molecular flexibility index (Phi) is 5.93. The predicted octanol–water partition coefficient (Wildman–Crippen LogP) is 1.56. The Bertz CT molecular complexity index is 567. The molecule has 0 aliphatic carbocycles. The lowest BCUT2D eigenvalue weighted by atomic mass is 9.82. The number of carbonyl (C=O) groups excluding carboxylic acids is 1. The van der Waals surface area contributed by atoms with Crippen LogP contribution in [0.25, 0.3) is 0 Å². The van der Waals surface area contributed by atoms with Crippen molar-refractivity contribution in [3.63, 3.8) is 0 Å². The number of hydrogen-bond acceptors (Lipinski definition) is 5. The van der Waals surface area contributed by atoms with Crippen molar-refractivity contribution in [2.24, 2.45) is 5.73 Å². The summed E-state index contributed by atoms with van der Waals surface area (Å²) in [6.45, 7) is 4.32. The number of amides is 1. The molecule has 1 aromatic rings. The van der Waals surface area contributed by atoms with Gasteiger partial charge in [-0.05, 0) is 56.4 Å². The molecule has 2 fully saturated rings. The molecule has 25 heavy (non-hydrogen) atoms. The average molecular weight is 348 g/mol. The van der Waals surface area contributed by atoms with Gasteiger partial charge in [-0.25, -0.2) is 0 Å². The Morgan fingerprint density at radius 2 is 2.04 bits per heavy atom. The molecule has 1 amide bonds. The van der Waals surface area contributed by atoms with Gasteiger partial charge < -0.3 is 25.2 Å². The molecule has 6 heteroatoms. The Morgan fingerprint density at radius 3 is 2.68 bits per heavy atom. The second kappa shape index (κ2) is 8.17. The van der Waals surface area contributed by atoms with E-state index in [9.17, 15) is 9.90 Å². The first-order valence-electron chi connectivity index (χ1n) is 9.16. The number of ether oxygens (including phenoxy) is 2. The van der Waals surface area contributed by atoms with Crippen LogP contribution < -0.4 is 10.5 Å². The third kappa shape index (κ3) is 4.51. The highest BCUT2D eigenvalue weighted by Gasteiger charge is 2.43. The fourth-order valence-corrected chi connectivity index (χ4v) is 3.74. The van der Waals surface area contributed by atoms with E-state index in [2.05, 4.69) is 4.90 Å². The monoisotopic (exact) mass is 348 g/mol. The van der Waals surface area contributed by atoms with Crippen molar-refractivity contribution in [1.29, 1.82) is 0 Å². The van der Waals surface area contributed by atoms with Crippen molar-refractivity contribution in [2.75, 3.05) is 32.8 Å². The fraction of sp³-hybridized carbons (Fsp3) is 0.632. The van der Waals surface area contributed by atoms with Gasteiger partial charge in [0.1, 0.15) is 5.75 Å². The molecule has 0 radical (unpaired) electrons. The summed E-state index contributed by atoms with van der Waals surface area (Å²) in [5, 5.41) is 10.3. The highest BCUT2D eigenvalue weighted by molar-refractivity contribution is 5.92. The first kappa shape index (κ1) is 18.2. The van der Waals surface area contributed by atoms with Gasteiger partial charge in [-0.3, -0.25) is 4.79 Å². The molecule has 1 atom stereocenters. The lowest BCUT2D eigenvalue weighted by Crippen LogP contribution is -2.55. The van der Waals surface area contributed by atoms with E-state index in [1.807, 2.05) is 0 Å². The molecular formula is C19H28N2O4. The Morgan fingerprint density at radius 1 is 1.32 bits per heavy atom. The van der Waals surface area contributed by atoms with E-state index in [1.54, 1.807) is 24.3 Å². The topological polar surface area (TPSA) is 85.0 Å². The van der Waals surface area contributed by atoms with Gasteiger partial charge in [0.2, 0.25) is 5.91 Å². The van der Waals surface area contributed by atoms with Gasteiger partial charge in [0, 0.05) is 31.8 Å². The number of benzene rings is 1. The van der Waals surface area contributed by atoms with E-state index in [0.29, 0.717) is 12.2 Å². The van der Waals surface area contributed by atoms with Crippen molar-refractivity contribution in [3.8, 4) is 5.75 Å². The van der Waals surface area contributed by atoms with E-state index < -0.39 is 5.91 Å². The summed E-state index contributed by atoms with van der Waals surface area (Å²) in [6, 6.07) is 6.90. The predicted molar refractivity (Wildman–Crippen MR) is 94.7 cm³/mol. The summed E-state index contributed by atoms with van der Waals surface area (Å²) < 4.78 is 11.7. The van der Waals surface area contributed by atoms with Crippen molar-refractivity contribution >= 4 is 5.91 Å². The first-order valence-corrected chi connectivity index (χ1v) is 9.16. The van der Waals surface area contributed by atoms with Crippen LogP contribution >= 0.6 is 0 Å². The largest absolute Gasteiger partial charge is 0.494 e. The molecular weight excluding hydrogens is 320 g/mol. The van der Waals surface area contributed by atoms with Crippen LogP contribution in [0.1, 0.15) is 42.5 Å². The quantitative estimate of drug-likeness (QED) is 0.762. The molecule has 0 aromatic heterocycles. The number of aliphatic hydroxyl groups excluding tert-OH is 1. The zero-order valence-electron chi connectivity index (χ0n) is 14.7. The van der Waals surface area contributed by atoms with Crippen LogP contribution in [0.3, 0.4) is 0 Å². The number of aliphatic hydroxyl groups is 1. The third-order valence-electron chi connectivity index (χ3n) is 5.35. The van der Waals surface area contributed by atoms with Gasteiger partial charge in [-0.15, -0.1) is 0 Å². The SMILES string of the molecule is NC(=O)c1ccc(OCCCN2CCC3(CC2)OCCC[C@@H]3O)cc1. The second-order valence-electron chi connectivity index (χ2n) is 7.00. The van der Waals surface area contributed by atoms with E-state index in [-0.39, 0.29) is 11.7 Å². The molecule has 0 bridgehead atoms. The van der Waals surface area contributed by atoms with Crippen molar-refractivity contribution < 1.29 is 19.4 Å². The lowest BCUT2D eigenvalue weighted by Gasteiger charge is -2.46. The third-order valence-corrected chi connectivity index (χ3v) is 5.35. The molecule has 0 saturated carbocycles. The summed E-state index contributed by atoms with van der Waals surface area (Å²) in [6.07, 6.45) is 4.27. The summed E-state index contributed by atoms with van der Waals surface area (Å²) >= 11 is 0. The van der Waals surface area contributed by atoms with Gasteiger partial charge >= 0.3 is 0 Å². The van der Waals surface area contributed by atoms with Crippen LogP contribution in [0.15, 0.2) is 24.3 Å². The van der Waals surface area contributed by atoms with E-state index in [1.165, 1.54) is 0 Å². The minimum atomic E-state index is -0.429. The lowest BCUT2D eigenvalue weighted by molar-refractivity contribution is -0.176. The van der Waals surface area contributed by atoms with Crippen molar-refractivity contribution in [1.82, 2.24) is 4.90 Å². The maximum Gasteiger partial charge on any atom is 0.248 e. The van der Waals surface area contributed by atoms with Crippen LogP contribution in [0.4, 0.5) is 0 Å². The van der Waals surface area contributed by atoms with Crippen LogP contribution in [-0.2, 0) is 4.74 Å². The number of carbonyl (C=O) groups is 1. The molecule has 0 unspecified atom stereocenters. The maximum atomic E-state index is 11.0. The molecule has 138 valence electrons. The number of hydrogen-bond donors (Lipinski definition) is 2. The minimum Gasteiger partial charge on any atom is -0.494 e. The smallest absolute Gasteiger partial charge is 0.248 e. The van der Waals surface area contributed by atoms with E-state index >= 15 is 0 Å². The van der Waals surface area contributed by atoms with Crippen molar-refractivity contribution in [3.05, 3.63) is 29.8 Å². The van der Waals surface area contributed by atoms with Gasteiger partial charge in [-0.2, -0.15) is 0 Å². The number of rotatable bonds is 6. The van der Waals surface area contributed by atoms with E-state index in [4.69, 9.17) is 15.2 Å². The summed E-state index contributed by atoms with van der Waals surface area (Å²) in [7, 11) is 0. The molecule has 1 aromatic carbocycles. The Labute approximate surface area is 148 Å². The summed E-state index contributed by atoms with van der Waals surface area (Å²) in [5.74, 6) is 0.322. The van der Waals surface area contributed by atoms with Crippen LogP contribution in [0.2, 0.25) is 0 Å². The average Bonchev–Trinajstić information content (AvgIpc) is 2.63. The minimum absolute atomic E-state index is 0.298. The molecule has 2 saturated heterocycles. The number of nitrogens with zero attached hydrogens (tertiary/aromatic N) is 1. The van der Waals surface area contributed by atoms with Gasteiger partial charge in [-0.1, -0.05) is 0 Å². The summed E-state index contributed by atoms with van der Waals surface area (Å²) in [5.41, 5.74) is 5.41. The second-order valence-corrected chi connectivity index (χ2v) is 7.00. The molecule has 2 aliphatic heterocycles. The zero-order valence-corrected chi connectivity index (χ0v) is 14.7. The number of piperidine rings is 1. The van der Waals surface area contributed by atoms with Gasteiger partial charge in [0.15, 0.2) is 0 Å². The van der Waals surface area contributed by atoms with Gasteiger partial charge in [0.05, 0.1) is 18.3 Å². The Balaban J connectivity index is 1.35.